The molecule has 1 unspecified atom stereocenters. The number of carbonyl (C=O) groups excluding carboxylic acids is 1. The third kappa shape index (κ3) is 3.53. The van der Waals surface area contributed by atoms with Gasteiger partial charge in [0.1, 0.15) is 0 Å². The van der Waals surface area contributed by atoms with Gasteiger partial charge in [0.25, 0.3) is 0 Å². The van der Waals surface area contributed by atoms with Crippen LogP contribution in [0.4, 0.5) is 0 Å². The van der Waals surface area contributed by atoms with Gasteiger partial charge in [0.05, 0.1) is 12.0 Å². The van der Waals surface area contributed by atoms with Gasteiger partial charge < -0.3 is 15.4 Å². The van der Waals surface area contributed by atoms with Crippen molar-refractivity contribution in [3.05, 3.63) is 0 Å². The molecule has 1 saturated carbocycles. The molecule has 1 aliphatic heterocycles. The molecule has 4 nitrogen and oxygen atoms in total. The summed E-state index contributed by atoms with van der Waals surface area (Å²) in [4.78, 5) is 14.8. The molecule has 2 aliphatic rings. The fraction of sp³-hybridized carbons (Fsp3) is 0.938. The number of amides is 1. The molecule has 1 heterocycles. The fourth-order valence-electron chi connectivity index (χ4n) is 3.65. The second kappa shape index (κ2) is 6.90. The smallest absolute Gasteiger partial charge is 0.229 e. The first-order valence-corrected chi connectivity index (χ1v) is 8.11. The predicted molar refractivity (Wildman–Crippen MR) is 80.3 cm³/mol. The van der Waals surface area contributed by atoms with Crippen LogP contribution in [0.15, 0.2) is 0 Å². The van der Waals surface area contributed by atoms with Crippen molar-refractivity contribution in [3.8, 4) is 0 Å². The van der Waals surface area contributed by atoms with Crippen molar-refractivity contribution in [2.45, 2.75) is 45.4 Å². The number of ether oxygens (including phenoxy) is 1. The highest BCUT2D eigenvalue weighted by atomic mass is 16.5. The van der Waals surface area contributed by atoms with E-state index < -0.39 is 0 Å². The summed E-state index contributed by atoms with van der Waals surface area (Å²) in [7, 11) is 1.94. The highest BCUT2D eigenvalue weighted by molar-refractivity contribution is 5.83. The molecule has 0 aromatic rings. The molecule has 1 atom stereocenters. The first-order valence-electron chi connectivity index (χ1n) is 8.11. The minimum Gasteiger partial charge on any atom is -0.381 e. The van der Waals surface area contributed by atoms with Gasteiger partial charge in [0.15, 0.2) is 0 Å². The van der Waals surface area contributed by atoms with Crippen molar-refractivity contribution < 1.29 is 9.53 Å². The molecule has 2 N–H and O–H groups in total. The van der Waals surface area contributed by atoms with Crippen LogP contribution in [0.25, 0.3) is 0 Å². The van der Waals surface area contributed by atoms with Gasteiger partial charge in [-0.3, -0.25) is 4.79 Å². The van der Waals surface area contributed by atoms with E-state index in [4.69, 9.17) is 10.5 Å². The number of carbonyl (C=O) groups is 1. The summed E-state index contributed by atoms with van der Waals surface area (Å²) in [5.41, 5.74) is 5.69. The van der Waals surface area contributed by atoms with E-state index in [0.29, 0.717) is 12.5 Å². The Kier molecular flexibility index (Phi) is 5.44. The molecule has 1 saturated heterocycles. The normalized spacial score (nSPS) is 34.8. The third-order valence-electron chi connectivity index (χ3n) is 5.21. The molecular formula is C16H30N2O2. The molecule has 116 valence electrons. The standard InChI is InChI=1S/C16H30N2O2/c1-13-5-7-16(12-17,8-6-13)15(19)18(2)10-14-4-3-9-20-11-14/h13-14H,3-12,17H2,1-2H3. The van der Waals surface area contributed by atoms with E-state index in [1.165, 1.54) is 6.42 Å². The van der Waals surface area contributed by atoms with Crippen molar-refractivity contribution in [2.75, 3.05) is 33.4 Å². The average Bonchev–Trinajstić information content (AvgIpc) is 2.49. The lowest BCUT2D eigenvalue weighted by Gasteiger charge is -2.40. The maximum Gasteiger partial charge on any atom is 0.229 e. The minimum absolute atomic E-state index is 0.262. The molecule has 1 aliphatic carbocycles. The quantitative estimate of drug-likeness (QED) is 0.858. The van der Waals surface area contributed by atoms with Gasteiger partial charge in [0.2, 0.25) is 5.91 Å². The van der Waals surface area contributed by atoms with Crippen LogP contribution in [0.1, 0.15) is 45.4 Å². The summed E-state index contributed by atoms with van der Waals surface area (Å²) in [5.74, 6) is 1.49. The van der Waals surface area contributed by atoms with Crippen LogP contribution in [-0.4, -0.2) is 44.2 Å². The van der Waals surface area contributed by atoms with Gasteiger partial charge >= 0.3 is 0 Å². The molecule has 0 spiro atoms. The number of rotatable bonds is 4. The number of hydrogen-bond acceptors (Lipinski definition) is 3. The maximum absolute atomic E-state index is 12.8. The van der Waals surface area contributed by atoms with E-state index >= 15 is 0 Å². The Bertz CT molecular complexity index is 318. The van der Waals surface area contributed by atoms with Crippen molar-refractivity contribution in [1.29, 1.82) is 0 Å². The van der Waals surface area contributed by atoms with Crippen molar-refractivity contribution >= 4 is 5.91 Å². The summed E-state index contributed by atoms with van der Waals surface area (Å²) in [6.07, 6.45) is 6.45. The zero-order chi connectivity index (χ0) is 14.6. The number of hydrogen-bond donors (Lipinski definition) is 1. The molecule has 2 rings (SSSR count). The Morgan fingerprint density at radius 3 is 2.60 bits per heavy atom. The van der Waals surface area contributed by atoms with Gasteiger partial charge in [-0.2, -0.15) is 0 Å². The lowest BCUT2D eigenvalue weighted by molar-refractivity contribution is -0.143. The van der Waals surface area contributed by atoms with Crippen molar-refractivity contribution in [3.63, 3.8) is 0 Å². The highest BCUT2D eigenvalue weighted by Gasteiger charge is 2.41. The lowest BCUT2D eigenvalue weighted by atomic mass is 9.70. The summed E-state index contributed by atoms with van der Waals surface area (Å²) in [5, 5.41) is 0. The van der Waals surface area contributed by atoms with Gasteiger partial charge in [0, 0.05) is 26.7 Å². The second-order valence-electron chi connectivity index (χ2n) is 6.94. The Hall–Kier alpha value is -0.610. The minimum atomic E-state index is -0.295. The van der Waals surface area contributed by atoms with E-state index in [2.05, 4.69) is 6.92 Å². The Balaban J connectivity index is 1.93. The summed E-state index contributed by atoms with van der Waals surface area (Å²) in [6.45, 7) is 5.25. The van der Waals surface area contributed by atoms with Gasteiger partial charge in [-0.05, 0) is 50.4 Å². The van der Waals surface area contributed by atoms with Gasteiger partial charge in [-0.1, -0.05) is 6.92 Å². The average molecular weight is 282 g/mol. The topological polar surface area (TPSA) is 55.6 Å². The molecule has 0 aromatic carbocycles. The Morgan fingerprint density at radius 2 is 2.05 bits per heavy atom. The van der Waals surface area contributed by atoms with Crippen LogP contribution >= 0.6 is 0 Å². The number of nitrogens with two attached hydrogens (primary N) is 1. The largest absolute Gasteiger partial charge is 0.381 e. The first-order chi connectivity index (χ1) is 9.57. The Labute approximate surface area is 123 Å². The third-order valence-corrected chi connectivity index (χ3v) is 5.21. The van der Waals surface area contributed by atoms with E-state index in [0.717, 1.165) is 57.8 Å². The SMILES string of the molecule is CC1CCC(CN)(C(=O)N(C)CC2CCCOC2)CC1. The Morgan fingerprint density at radius 1 is 1.35 bits per heavy atom. The molecule has 2 fully saturated rings. The van der Waals surface area contributed by atoms with Crippen LogP contribution in [0.5, 0.6) is 0 Å². The monoisotopic (exact) mass is 282 g/mol. The molecule has 0 bridgehead atoms. The summed E-state index contributed by atoms with van der Waals surface area (Å²) < 4.78 is 5.51. The van der Waals surface area contributed by atoms with Crippen LogP contribution < -0.4 is 5.73 Å². The van der Waals surface area contributed by atoms with Crippen molar-refractivity contribution in [1.82, 2.24) is 4.90 Å². The zero-order valence-corrected chi connectivity index (χ0v) is 13.1. The second-order valence-corrected chi connectivity index (χ2v) is 6.94. The van der Waals surface area contributed by atoms with Crippen LogP contribution in [0, 0.1) is 17.3 Å². The summed E-state index contributed by atoms with van der Waals surface area (Å²) in [6, 6.07) is 0. The predicted octanol–water partition coefficient (Wildman–Crippen LogP) is 2.03. The van der Waals surface area contributed by atoms with Gasteiger partial charge in [-0.25, -0.2) is 0 Å². The maximum atomic E-state index is 12.8. The van der Waals surface area contributed by atoms with Crippen LogP contribution in [-0.2, 0) is 9.53 Å². The molecule has 1 amide bonds. The van der Waals surface area contributed by atoms with E-state index in [1.54, 1.807) is 0 Å². The van der Waals surface area contributed by atoms with Crippen LogP contribution in [0.3, 0.4) is 0 Å². The van der Waals surface area contributed by atoms with Gasteiger partial charge in [-0.15, -0.1) is 0 Å². The lowest BCUT2D eigenvalue weighted by Crippen LogP contribution is -2.50. The van der Waals surface area contributed by atoms with E-state index in [9.17, 15) is 4.79 Å². The highest BCUT2D eigenvalue weighted by Crippen LogP contribution is 2.39. The van der Waals surface area contributed by atoms with Crippen molar-refractivity contribution in [2.24, 2.45) is 23.0 Å². The van der Waals surface area contributed by atoms with Crippen LogP contribution in [0.2, 0.25) is 0 Å². The fourth-order valence-corrected chi connectivity index (χ4v) is 3.65. The zero-order valence-electron chi connectivity index (χ0n) is 13.1. The van der Waals surface area contributed by atoms with E-state index in [-0.39, 0.29) is 11.3 Å². The number of nitrogens with zero attached hydrogens (tertiary/aromatic N) is 1. The molecule has 0 aromatic heterocycles. The molecule has 20 heavy (non-hydrogen) atoms. The first kappa shape index (κ1) is 15.8. The molecule has 0 radical (unpaired) electrons. The molecular weight excluding hydrogens is 252 g/mol. The molecule has 4 heteroatoms. The summed E-state index contributed by atoms with van der Waals surface area (Å²) >= 11 is 0. The van der Waals surface area contributed by atoms with E-state index in [1.807, 2.05) is 11.9 Å².